The molecule has 0 unspecified atom stereocenters. The summed E-state index contributed by atoms with van der Waals surface area (Å²) in [6, 6.07) is 19.6. The number of nitrogens with zero attached hydrogens (tertiary/aromatic N) is 1. The molecule has 35 heavy (non-hydrogen) atoms. The van der Waals surface area contributed by atoms with Gasteiger partial charge in [0.25, 0.3) is 0 Å². The number of carboxylic acids is 1. The first-order chi connectivity index (χ1) is 16.8. The van der Waals surface area contributed by atoms with Crippen LogP contribution in [0.3, 0.4) is 0 Å². The van der Waals surface area contributed by atoms with Crippen molar-refractivity contribution < 1.29 is 32.5 Å². The maximum Gasteiger partial charge on any atom is 0.573 e. The Morgan fingerprint density at radius 3 is 2.40 bits per heavy atom. The van der Waals surface area contributed by atoms with E-state index >= 15 is 0 Å². The number of hydrogen-bond acceptors (Lipinski definition) is 4. The molecule has 0 aliphatic carbocycles. The number of para-hydroxylation sites is 2. The van der Waals surface area contributed by atoms with Crippen molar-refractivity contribution in [3.63, 3.8) is 0 Å². The van der Waals surface area contributed by atoms with Gasteiger partial charge in [-0.2, -0.15) is 0 Å². The van der Waals surface area contributed by atoms with Crippen LogP contribution in [-0.4, -0.2) is 24.0 Å². The molecule has 0 radical (unpaired) electrons. The van der Waals surface area contributed by atoms with Crippen molar-refractivity contribution >= 4 is 11.7 Å². The minimum absolute atomic E-state index is 0.0823. The molecular weight excluding hydrogens is 459 g/mol. The molecule has 0 bridgehead atoms. The lowest BCUT2D eigenvalue weighted by Crippen LogP contribution is -2.30. The standard InChI is InChI=1S/C27H26F3NO4/c28-27(29,30)35-23-8-2-1-5-22(23)17-31-16-4-7-21-6-3-9-24(26(21)31)34-18-20-12-10-19(11-13-20)14-15-25(32)33/h1-3,5-6,8-13H,4,7,14-18H2,(H,32,33). The summed E-state index contributed by atoms with van der Waals surface area (Å²) < 4.78 is 49.1. The average molecular weight is 486 g/mol. The van der Waals surface area contributed by atoms with Crippen LogP contribution in [0, 0.1) is 0 Å². The fourth-order valence-corrected chi connectivity index (χ4v) is 4.25. The SMILES string of the molecule is O=C(O)CCc1ccc(COc2cccc3c2N(Cc2ccccc2OC(F)(F)F)CCC3)cc1. The fourth-order valence-electron chi connectivity index (χ4n) is 4.25. The molecule has 1 N–H and O–H groups in total. The van der Waals surface area contributed by atoms with Gasteiger partial charge in [-0.25, -0.2) is 0 Å². The lowest BCUT2D eigenvalue weighted by atomic mass is 10.00. The van der Waals surface area contributed by atoms with E-state index in [1.807, 2.05) is 47.4 Å². The maximum atomic E-state index is 12.9. The average Bonchev–Trinajstić information content (AvgIpc) is 2.82. The van der Waals surface area contributed by atoms with Crippen molar-refractivity contribution in [3.8, 4) is 11.5 Å². The van der Waals surface area contributed by atoms with E-state index in [1.165, 1.54) is 12.1 Å². The van der Waals surface area contributed by atoms with Crippen molar-refractivity contribution in [1.82, 2.24) is 0 Å². The van der Waals surface area contributed by atoms with Crippen LogP contribution in [0.25, 0.3) is 0 Å². The number of rotatable bonds is 9. The van der Waals surface area contributed by atoms with Gasteiger partial charge in [0, 0.05) is 25.1 Å². The van der Waals surface area contributed by atoms with E-state index in [0.29, 0.717) is 30.9 Å². The van der Waals surface area contributed by atoms with Gasteiger partial charge in [-0.3, -0.25) is 4.79 Å². The number of carboxylic acid groups (broad SMARTS) is 1. The van der Waals surface area contributed by atoms with Crippen molar-refractivity contribution in [2.75, 3.05) is 11.4 Å². The molecule has 0 saturated carbocycles. The third-order valence-corrected chi connectivity index (χ3v) is 5.88. The first-order valence-corrected chi connectivity index (χ1v) is 11.4. The summed E-state index contributed by atoms with van der Waals surface area (Å²) in [6.07, 6.45) is -2.46. The molecule has 8 heteroatoms. The Morgan fingerprint density at radius 2 is 1.66 bits per heavy atom. The largest absolute Gasteiger partial charge is 0.573 e. The molecule has 0 spiro atoms. The lowest BCUT2D eigenvalue weighted by Gasteiger charge is -2.33. The molecule has 0 amide bonds. The zero-order chi connectivity index (χ0) is 24.8. The van der Waals surface area contributed by atoms with Gasteiger partial charge in [0.1, 0.15) is 18.1 Å². The fraction of sp³-hybridized carbons (Fsp3) is 0.296. The highest BCUT2D eigenvalue weighted by molar-refractivity contribution is 5.67. The Morgan fingerprint density at radius 1 is 0.943 bits per heavy atom. The normalized spacial score (nSPS) is 13.3. The Balaban J connectivity index is 1.50. The van der Waals surface area contributed by atoms with Crippen molar-refractivity contribution in [2.45, 2.75) is 45.2 Å². The summed E-state index contributed by atoms with van der Waals surface area (Å²) in [5.41, 5.74) is 4.31. The number of halogens is 3. The number of alkyl halides is 3. The zero-order valence-electron chi connectivity index (χ0n) is 19.1. The topological polar surface area (TPSA) is 59.0 Å². The number of benzene rings is 3. The van der Waals surface area contributed by atoms with Crippen molar-refractivity contribution in [2.24, 2.45) is 0 Å². The number of carbonyl (C=O) groups is 1. The van der Waals surface area contributed by atoms with Crippen LogP contribution in [-0.2, 0) is 30.8 Å². The number of anilines is 1. The quantitative estimate of drug-likeness (QED) is 0.395. The van der Waals surface area contributed by atoms with Crippen LogP contribution in [0.2, 0.25) is 0 Å². The molecule has 5 nitrogen and oxygen atoms in total. The molecule has 0 fully saturated rings. The van der Waals surface area contributed by atoms with Gasteiger partial charge in [-0.15, -0.1) is 13.2 Å². The Bertz CT molecular complexity index is 1160. The highest BCUT2D eigenvalue weighted by Gasteiger charge is 2.32. The molecule has 1 aliphatic heterocycles. The smallest absolute Gasteiger partial charge is 0.487 e. The van der Waals surface area contributed by atoms with E-state index in [2.05, 4.69) is 4.74 Å². The summed E-state index contributed by atoms with van der Waals surface area (Å²) in [6.45, 7) is 1.27. The molecule has 184 valence electrons. The maximum absolute atomic E-state index is 12.9. The minimum Gasteiger partial charge on any atom is -0.487 e. The lowest BCUT2D eigenvalue weighted by molar-refractivity contribution is -0.274. The van der Waals surface area contributed by atoms with Crippen LogP contribution >= 0.6 is 0 Å². The monoisotopic (exact) mass is 485 g/mol. The van der Waals surface area contributed by atoms with Gasteiger partial charge in [0.2, 0.25) is 0 Å². The summed E-state index contributed by atoms with van der Waals surface area (Å²) in [7, 11) is 0. The molecule has 0 aromatic heterocycles. The third kappa shape index (κ3) is 6.68. The van der Waals surface area contributed by atoms with E-state index in [4.69, 9.17) is 9.84 Å². The molecular formula is C27H26F3NO4. The molecule has 1 aliphatic rings. The summed E-state index contributed by atoms with van der Waals surface area (Å²) >= 11 is 0. The Labute approximate surface area is 201 Å². The van der Waals surface area contributed by atoms with Gasteiger partial charge in [-0.05, 0) is 48.1 Å². The van der Waals surface area contributed by atoms with Crippen LogP contribution < -0.4 is 14.4 Å². The van der Waals surface area contributed by atoms with E-state index < -0.39 is 12.3 Å². The Hall–Kier alpha value is -3.68. The summed E-state index contributed by atoms with van der Waals surface area (Å²) in [5.74, 6) is -0.358. The van der Waals surface area contributed by atoms with Crippen LogP contribution in [0.15, 0.2) is 66.7 Å². The second kappa shape index (κ2) is 10.7. The molecule has 1 heterocycles. The molecule has 0 atom stereocenters. The molecule has 0 saturated heterocycles. The second-order valence-electron chi connectivity index (χ2n) is 8.44. The molecule has 3 aromatic carbocycles. The highest BCUT2D eigenvalue weighted by atomic mass is 19.4. The van der Waals surface area contributed by atoms with Gasteiger partial charge < -0.3 is 19.5 Å². The van der Waals surface area contributed by atoms with Gasteiger partial charge in [-0.1, -0.05) is 54.6 Å². The van der Waals surface area contributed by atoms with Gasteiger partial charge >= 0.3 is 12.3 Å². The Kier molecular flexibility index (Phi) is 7.48. The van der Waals surface area contributed by atoms with E-state index in [0.717, 1.165) is 35.2 Å². The minimum atomic E-state index is -4.76. The van der Waals surface area contributed by atoms with E-state index in [1.54, 1.807) is 12.1 Å². The highest BCUT2D eigenvalue weighted by Crippen LogP contribution is 2.39. The van der Waals surface area contributed by atoms with Crippen molar-refractivity contribution in [3.05, 3.63) is 89.0 Å². The number of fused-ring (bicyclic) bond motifs is 1. The van der Waals surface area contributed by atoms with E-state index in [9.17, 15) is 18.0 Å². The van der Waals surface area contributed by atoms with Crippen LogP contribution in [0.1, 0.15) is 35.1 Å². The van der Waals surface area contributed by atoms with Gasteiger partial charge in [0.15, 0.2) is 0 Å². The third-order valence-electron chi connectivity index (χ3n) is 5.88. The van der Waals surface area contributed by atoms with Gasteiger partial charge in [0.05, 0.1) is 5.69 Å². The number of aliphatic carboxylic acids is 1. The van der Waals surface area contributed by atoms with Crippen LogP contribution in [0.4, 0.5) is 18.9 Å². The first kappa shape index (κ1) is 24.4. The summed E-state index contributed by atoms with van der Waals surface area (Å²) in [4.78, 5) is 12.8. The predicted octanol–water partition coefficient (Wildman–Crippen LogP) is 6.13. The first-order valence-electron chi connectivity index (χ1n) is 11.4. The zero-order valence-corrected chi connectivity index (χ0v) is 19.1. The summed E-state index contributed by atoms with van der Waals surface area (Å²) in [5, 5.41) is 8.84. The number of ether oxygens (including phenoxy) is 2. The predicted molar refractivity (Wildman–Crippen MR) is 126 cm³/mol. The number of aryl methyl sites for hydroxylation is 2. The van der Waals surface area contributed by atoms with E-state index in [-0.39, 0.29) is 18.7 Å². The molecule has 4 rings (SSSR count). The van der Waals surface area contributed by atoms with Crippen LogP contribution in [0.5, 0.6) is 11.5 Å². The number of hydrogen-bond donors (Lipinski definition) is 1. The molecule has 3 aromatic rings. The van der Waals surface area contributed by atoms with Crippen molar-refractivity contribution in [1.29, 1.82) is 0 Å². The second-order valence-corrected chi connectivity index (χ2v) is 8.44.